The van der Waals surface area contributed by atoms with Crippen LogP contribution in [0.2, 0.25) is 5.02 Å². The molecule has 0 fully saturated rings. The molecule has 0 radical (unpaired) electrons. The van der Waals surface area contributed by atoms with E-state index >= 15 is 0 Å². The smallest absolute Gasteiger partial charge is 0.264 e. The summed E-state index contributed by atoms with van der Waals surface area (Å²) in [6, 6.07) is 29.7. The number of hydrogen-bond acceptors (Lipinski definition) is 5. The second kappa shape index (κ2) is 14.7. The Morgan fingerprint density at radius 1 is 0.860 bits per heavy atom. The van der Waals surface area contributed by atoms with Crippen LogP contribution in [0.3, 0.4) is 0 Å². The molecule has 1 atom stereocenters. The summed E-state index contributed by atoms with van der Waals surface area (Å²) < 4.78 is 34.8. The van der Waals surface area contributed by atoms with Crippen LogP contribution in [0.1, 0.15) is 25.8 Å². The fourth-order valence-electron chi connectivity index (χ4n) is 4.36. The van der Waals surface area contributed by atoms with Gasteiger partial charge in [0.15, 0.2) is 0 Å². The SMILES string of the molecule is CCCNC(=O)C(C)N(Cc1cccc(Cl)c1)C(=O)CN(c1ccc(Oc2ccccc2)cc1)S(=O)(=O)c1ccccc1. The van der Waals surface area contributed by atoms with Gasteiger partial charge in [-0.25, -0.2) is 8.42 Å². The van der Waals surface area contributed by atoms with Gasteiger partial charge in [0.2, 0.25) is 11.8 Å². The molecular weight excluding hydrogens is 586 g/mol. The number of amides is 2. The van der Waals surface area contributed by atoms with Gasteiger partial charge in [0.25, 0.3) is 10.0 Å². The fraction of sp³-hybridized carbons (Fsp3) is 0.212. The van der Waals surface area contributed by atoms with Crippen LogP contribution in [0.4, 0.5) is 5.69 Å². The summed E-state index contributed by atoms with van der Waals surface area (Å²) in [4.78, 5) is 28.4. The van der Waals surface area contributed by atoms with Crippen molar-refractivity contribution in [2.75, 3.05) is 17.4 Å². The Kier molecular flexibility index (Phi) is 10.8. The molecule has 0 heterocycles. The zero-order chi connectivity index (χ0) is 30.8. The molecule has 0 saturated heterocycles. The predicted molar refractivity (Wildman–Crippen MR) is 169 cm³/mol. The summed E-state index contributed by atoms with van der Waals surface area (Å²) in [6.45, 7) is 3.53. The number of ether oxygens (including phenoxy) is 1. The van der Waals surface area contributed by atoms with Crippen LogP contribution >= 0.6 is 11.6 Å². The monoisotopic (exact) mass is 619 g/mol. The lowest BCUT2D eigenvalue weighted by Crippen LogP contribution is -2.51. The molecule has 0 aliphatic carbocycles. The first-order chi connectivity index (χ1) is 20.7. The lowest BCUT2D eigenvalue weighted by atomic mass is 10.1. The normalized spacial score (nSPS) is 11.8. The molecule has 4 aromatic carbocycles. The quantitative estimate of drug-likeness (QED) is 0.190. The molecule has 1 unspecified atom stereocenters. The van der Waals surface area contributed by atoms with Crippen molar-refractivity contribution in [1.82, 2.24) is 10.2 Å². The number of para-hydroxylation sites is 1. The number of halogens is 1. The highest BCUT2D eigenvalue weighted by Gasteiger charge is 2.32. The van der Waals surface area contributed by atoms with Gasteiger partial charge in [-0.2, -0.15) is 0 Å². The molecule has 4 rings (SSSR count). The molecule has 0 aliphatic heterocycles. The first-order valence-electron chi connectivity index (χ1n) is 13.9. The molecule has 10 heteroatoms. The van der Waals surface area contributed by atoms with Crippen LogP contribution in [-0.4, -0.2) is 44.3 Å². The molecule has 0 saturated carbocycles. The number of hydrogen-bond donors (Lipinski definition) is 1. The molecule has 2 amide bonds. The van der Waals surface area contributed by atoms with Crippen molar-refractivity contribution in [1.29, 1.82) is 0 Å². The minimum atomic E-state index is -4.17. The molecule has 0 bridgehead atoms. The topological polar surface area (TPSA) is 96.0 Å². The highest BCUT2D eigenvalue weighted by atomic mass is 35.5. The van der Waals surface area contributed by atoms with Crippen molar-refractivity contribution in [3.05, 3.63) is 120 Å². The third kappa shape index (κ3) is 8.37. The molecule has 0 aliphatic rings. The van der Waals surface area contributed by atoms with Gasteiger partial charge in [0.05, 0.1) is 10.6 Å². The van der Waals surface area contributed by atoms with Crippen molar-refractivity contribution >= 4 is 39.1 Å². The Bertz CT molecular complexity index is 1620. The van der Waals surface area contributed by atoms with Gasteiger partial charge in [-0.1, -0.05) is 67.1 Å². The standard InChI is InChI=1S/C33H34ClN3O5S/c1-3-21-35-33(39)25(2)36(23-26-11-10-12-27(34)22-26)32(38)24-37(43(40,41)31-15-8-5-9-16-31)28-17-19-30(20-18-28)42-29-13-6-4-7-14-29/h4-20,22,25H,3,21,23-24H2,1-2H3,(H,35,39). The van der Waals surface area contributed by atoms with Crippen molar-refractivity contribution in [3.8, 4) is 11.5 Å². The zero-order valence-electron chi connectivity index (χ0n) is 24.0. The first-order valence-corrected chi connectivity index (χ1v) is 15.7. The van der Waals surface area contributed by atoms with E-state index in [1.165, 1.54) is 17.0 Å². The van der Waals surface area contributed by atoms with Crippen LogP contribution in [0.25, 0.3) is 0 Å². The Morgan fingerprint density at radius 2 is 1.49 bits per heavy atom. The van der Waals surface area contributed by atoms with E-state index in [0.717, 1.165) is 10.7 Å². The second-order valence-corrected chi connectivity index (χ2v) is 12.2. The van der Waals surface area contributed by atoms with Crippen molar-refractivity contribution < 1.29 is 22.7 Å². The van der Waals surface area contributed by atoms with Gasteiger partial charge >= 0.3 is 0 Å². The number of carbonyl (C=O) groups excluding carboxylic acids is 2. The number of anilines is 1. The Labute approximate surface area is 257 Å². The van der Waals surface area contributed by atoms with Crippen LogP contribution in [0.5, 0.6) is 11.5 Å². The summed E-state index contributed by atoms with van der Waals surface area (Å²) >= 11 is 6.19. The third-order valence-corrected chi connectivity index (χ3v) is 8.70. The lowest BCUT2D eigenvalue weighted by molar-refractivity contribution is -0.139. The van der Waals surface area contributed by atoms with E-state index in [2.05, 4.69) is 5.32 Å². The van der Waals surface area contributed by atoms with E-state index in [1.807, 2.05) is 37.3 Å². The number of nitrogens with one attached hydrogen (secondary N) is 1. The van der Waals surface area contributed by atoms with Crippen LogP contribution in [0.15, 0.2) is 114 Å². The van der Waals surface area contributed by atoms with E-state index in [-0.39, 0.29) is 23.0 Å². The van der Waals surface area contributed by atoms with E-state index in [1.54, 1.807) is 73.7 Å². The molecule has 224 valence electrons. The first kappa shape index (κ1) is 31.6. The summed E-state index contributed by atoms with van der Waals surface area (Å²) in [5.41, 5.74) is 0.972. The molecule has 43 heavy (non-hydrogen) atoms. The van der Waals surface area contributed by atoms with Gasteiger partial charge in [-0.3, -0.25) is 13.9 Å². The van der Waals surface area contributed by atoms with Crippen molar-refractivity contribution in [3.63, 3.8) is 0 Å². The van der Waals surface area contributed by atoms with Crippen molar-refractivity contribution in [2.45, 2.75) is 37.8 Å². The zero-order valence-corrected chi connectivity index (χ0v) is 25.6. The number of benzene rings is 4. The molecule has 1 N–H and O–H groups in total. The van der Waals surface area contributed by atoms with Gasteiger partial charge < -0.3 is 15.0 Å². The molecular formula is C33H34ClN3O5S. The summed E-state index contributed by atoms with van der Waals surface area (Å²) in [6.07, 6.45) is 0.730. The second-order valence-electron chi connectivity index (χ2n) is 9.85. The van der Waals surface area contributed by atoms with Gasteiger partial charge in [-0.15, -0.1) is 0 Å². The molecule has 8 nitrogen and oxygen atoms in total. The largest absolute Gasteiger partial charge is 0.457 e. The molecule has 0 spiro atoms. The lowest BCUT2D eigenvalue weighted by Gasteiger charge is -2.32. The van der Waals surface area contributed by atoms with E-state index in [0.29, 0.717) is 28.6 Å². The molecule has 0 aromatic heterocycles. The van der Waals surface area contributed by atoms with Gasteiger partial charge in [0, 0.05) is 18.1 Å². The molecule has 4 aromatic rings. The minimum absolute atomic E-state index is 0.0301. The maximum Gasteiger partial charge on any atom is 0.264 e. The minimum Gasteiger partial charge on any atom is -0.457 e. The van der Waals surface area contributed by atoms with E-state index in [4.69, 9.17) is 16.3 Å². The van der Waals surface area contributed by atoms with Crippen molar-refractivity contribution in [2.24, 2.45) is 0 Å². The highest BCUT2D eigenvalue weighted by Crippen LogP contribution is 2.28. The van der Waals surface area contributed by atoms with E-state index in [9.17, 15) is 18.0 Å². The Balaban J connectivity index is 1.68. The fourth-order valence-corrected chi connectivity index (χ4v) is 6.01. The van der Waals surface area contributed by atoms with Gasteiger partial charge in [-0.05, 0) is 79.6 Å². The van der Waals surface area contributed by atoms with Crippen LogP contribution in [-0.2, 0) is 26.2 Å². The Morgan fingerprint density at radius 3 is 2.12 bits per heavy atom. The Hall–Kier alpha value is -4.34. The van der Waals surface area contributed by atoms with Gasteiger partial charge in [0.1, 0.15) is 24.1 Å². The highest BCUT2D eigenvalue weighted by molar-refractivity contribution is 7.92. The number of nitrogens with zero attached hydrogens (tertiary/aromatic N) is 2. The maximum atomic E-state index is 14.0. The average Bonchev–Trinajstić information content (AvgIpc) is 3.02. The maximum absolute atomic E-state index is 14.0. The predicted octanol–water partition coefficient (Wildman–Crippen LogP) is 6.27. The average molecular weight is 620 g/mol. The number of rotatable bonds is 13. The summed E-state index contributed by atoms with van der Waals surface area (Å²) in [5, 5.41) is 3.31. The summed E-state index contributed by atoms with van der Waals surface area (Å²) in [7, 11) is -4.17. The third-order valence-electron chi connectivity index (χ3n) is 6.67. The summed E-state index contributed by atoms with van der Waals surface area (Å²) in [5.74, 6) is 0.244. The van der Waals surface area contributed by atoms with Crippen LogP contribution < -0.4 is 14.4 Å². The number of carbonyl (C=O) groups is 2. The number of sulfonamides is 1. The van der Waals surface area contributed by atoms with Crippen LogP contribution in [0, 0.1) is 0 Å². The van der Waals surface area contributed by atoms with E-state index < -0.39 is 28.5 Å².